The number of nitro benzene ring substituents is 1. The van der Waals surface area contributed by atoms with Crippen LogP contribution in [0.15, 0.2) is 54.7 Å². The summed E-state index contributed by atoms with van der Waals surface area (Å²) >= 11 is 0. The van der Waals surface area contributed by atoms with Gasteiger partial charge in [-0.15, -0.1) is 0 Å². The average Bonchev–Trinajstić information content (AvgIpc) is 2.54. The summed E-state index contributed by atoms with van der Waals surface area (Å²) in [6.07, 6.45) is 4.36. The predicted octanol–water partition coefficient (Wildman–Crippen LogP) is 2.88. The average molecular weight is 297 g/mol. The highest BCUT2D eigenvalue weighted by Crippen LogP contribution is 2.18. The van der Waals surface area contributed by atoms with Crippen LogP contribution in [-0.2, 0) is 4.79 Å². The molecule has 1 aromatic carbocycles. The minimum atomic E-state index is -0.478. The first-order valence-electron chi connectivity index (χ1n) is 6.71. The van der Waals surface area contributed by atoms with Gasteiger partial charge in [0.25, 0.3) is 5.69 Å². The Bertz CT molecular complexity index is 699. The van der Waals surface area contributed by atoms with Crippen molar-refractivity contribution in [3.05, 3.63) is 76.1 Å². The Morgan fingerprint density at radius 2 is 2.00 bits per heavy atom. The molecule has 0 radical (unpaired) electrons. The van der Waals surface area contributed by atoms with E-state index < -0.39 is 4.92 Å². The number of carbonyl (C=O) groups is 1. The van der Waals surface area contributed by atoms with Gasteiger partial charge in [-0.05, 0) is 31.2 Å². The lowest BCUT2D eigenvalue weighted by Crippen LogP contribution is -2.25. The maximum atomic E-state index is 11.9. The van der Waals surface area contributed by atoms with Gasteiger partial charge in [0, 0.05) is 18.3 Å². The van der Waals surface area contributed by atoms with Gasteiger partial charge in [-0.25, -0.2) is 0 Å². The molecule has 6 nitrogen and oxygen atoms in total. The first kappa shape index (κ1) is 15.4. The number of amides is 1. The second-order valence-corrected chi connectivity index (χ2v) is 4.63. The minimum Gasteiger partial charge on any atom is -0.344 e. The Hall–Kier alpha value is -3.02. The SMILES string of the molecule is C[C@@H](NC(=O)/C=C/c1ccccc1[N+](=O)[O-])c1ccccn1. The van der Waals surface area contributed by atoms with E-state index in [0.29, 0.717) is 5.56 Å². The van der Waals surface area contributed by atoms with Crippen molar-refractivity contribution in [1.29, 1.82) is 0 Å². The summed E-state index contributed by atoms with van der Waals surface area (Å²) in [4.78, 5) is 26.5. The summed E-state index contributed by atoms with van der Waals surface area (Å²) in [6.45, 7) is 1.82. The number of aromatic nitrogens is 1. The van der Waals surface area contributed by atoms with Crippen molar-refractivity contribution in [2.24, 2.45) is 0 Å². The maximum Gasteiger partial charge on any atom is 0.276 e. The van der Waals surface area contributed by atoms with Crippen LogP contribution in [0.3, 0.4) is 0 Å². The molecule has 0 spiro atoms. The molecule has 0 saturated heterocycles. The minimum absolute atomic E-state index is 0.0377. The highest BCUT2D eigenvalue weighted by molar-refractivity contribution is 5.92. The Balaban J connectivity index is 2.05. The molecule has 22 heavy (non-hydrogen) atoms. The van der Waals surface area contributed by atoms with E-state index in [1.165, 1.54) is 18.2 Å². The molecule has 0 saturated carbocycles. The molecule has 0 aliphatic heterocycles. The number of nitrogens with zero attached hydrogens (tertiary/aromatic N) is 2. The van der Waals surface area contributed by atoms with E-state index in [9.17, 15) is 14.9 Å². The summed E-state index contributed by atoms with van der Waals surface area (Å²) in [5, 5.41) is 13.6. The van der Waals surface area contributed by atoms with E-state index in [1.54, 1.807) is 30.5 Å². The van der Waals surface area contributed by atoms with E-state index in [1.807, 2.05) is 19.1 Å². The zero-order chi connectivity index (χ0) is 15.9. The van der Waals surface area contributed by atoms with E-state index in [2.05, 4.69) is 10.3 Å². The normalized spacial score (nSPS) is 12.0. The molecule has 0 aliphatic rings. The smallest absolute Gasteiger partial charge is 0.276 e. The van der Waals surface area contributed by atoms with E-state index in [0.717, 1.165) is 5.69 Å². The summed E-state index contributed by atoms with van der Waals surface area (Å²) in [6, 6.07) is 11.5. The third-order valence-corrected chi connectivity index (χ3v) is 3.04. The highest BCUT2D eigenvalue weighted by Gasteiger charge is 2.11. The summed E-state index contributed by atoms with van der Waals surface area (Å²) in [5.41, 5.74) is 1.09. The largest absolute Gasteiger partial charge is 0.344 e. The molecule has 2 rings (SSSR count). The predicted molar refractivity (Wildman–Crippen MR) is 82.9 cm³/mol. The van der Waals surface area contributed by atoms with Crippen LogP contribution in [0.4, 0.5) is 5.69 Å². The van der Waals surface area contributed by atoms with Crippen LogP contribution in [0.25, 0.3) is 6.08 Å². The van der Waals surface area contributed by atoms with Crippen molar-refractivity contribution in [2.75, 3.05) is 0 Å². The lowest BCUT2D eigenvalue weighted by molar-refractivity contribution is -0.385. The molecule has 1 heterocycles. The Morgan fingerprint density at radius 1 is 1.27 bits per heavy atom. The molecule has 1 aromatic heterocycles. The molecule has 0 unspecified atom stereocenters. The molecule has 0 fully saturated rings. The van der Waals surface area contributed by atoms with Gasteiger partial charge in [0.15, 0.2) is 0 Å². The third kappa shape index (κ3) is 3.99. The molecular weight excluding hydrogens is 282 g/mol. The second kappa shape index (κ2) is 7.12. The second-order valence-electron chi connectivity index (χ2n) is 4.63. The van der Waals surface area contributed by atoms with Gasteiger partial charge < -0.3 is 5.32 Å². The fraction of sp³-hybridized carbons (Fsp3) is 0.125. The van der Waals surface area contributed by atoms with Crippen LogP contribution in [0.1, 0.15) is 24.2 Å². The summed E-state index contributed by atoms with van der Waals surface area (Å²) in [5.74, 6) is -0.337. The van der Waals surface area contributed by atoms with Crippen molar-refractivity contribution >= 4 is 17.7 Å². The van der Waals surface area contributed by atoms with Crippen molar-refractivity contribution in [2.45, 2.75) is 13.0 Å². The quantitative estimate of drug-likeness (QED) is 0.522. The maximum absolute atomic E-state index is 11.9. The summed E-state index contributed by atoms with van der Waals surface area (Å²) in [7, 11) is 0. The highest BCUT2D eigenvalue weighted by atomic mass is 16.6. The van der Waals surface area contributed by atoms with Crippen LogP contribution in [0, 0.1) is 10.1 Å². The summed E-state index contributed by atoms with van der Waals surface area (Å²) < 4.78 is 0. The number of benzene rings is 1. The number of para-hydroxylation sites is 1. The van der Waals surface area contributed by atoms with Gasteiger partial charge in [-0.1, -0.05) is 18.2 Å². The number of hydrogen-bond donors (Lipinski definition) is 1. The van der Waals surface area contributed by atoms with Crippen LogP contribution >= 0.6 is 0 Å². The van der Waals surface area contributed by atoms with Gasteiger partial charge >= 0.3 is 0 Å². The molecule has 112 valence electrons. The van der Waals surface area contributed by atoms with Crippen LogP contribution in [0.5, 0.6) is 0 Å². The third-order valence-electron chi connectivity index (χ3n) is 3.04. The van der Waals surface area contributed by atoms with E-state index in [4.69, 9.17) is 0 Å². The number of nitro groups is 1. The zero-order valence-corrected chi connectivity index (χ0v) is 12.0. The van der Waals surface area contributed by atoms with Crippen LogP contribution < -0.4 is 5.32 Å². The van der Waals surface area contributed by atoms with E-state index in [-0.39, 0.29) is 17.6 Å². The molecule has 6 heteroatoms. The first-order valence-corrected chi connectivity index (χ1v) is 6.71. The number of hydrogen-bond acceptors (Lipinski definition) is 4. The monoisotopic (exact) mass is 297 g/mol. The Labute approximate surface area is 127 Å². The van der Waals surface area contributed by atoms with Crippen molar-refractivity contribution < 1.29 is 9.72 Å². The zero-order valence-electron chi connectivity index (χ0n) is 12.0. The molecule has 2 aromatic rings. The van der Waals surface area contributed by atoms with Crippen molar-refractivity contribution in [3.8, 4) is 0 Å². The molecule has 1 amide bonds. The Morgan fingerprint density at radius 3 is 2.68 bits per heavy atom. The van der Waals surface area contributed by atoms with Crippen molar-refractivity contribution in [1.82, 2.24) is 10.3 Å². The number of pyridine rings is 1. The molecule has 0 bridgehead atoms. The van der Waals surface area contributed by atoms with Crippen LogP contribution in [0.2, 0.25) is 0 Å². The van der Waals surface area contributed by atoms with Gasteiger partial charge in [-0.3, -0.25) is 19.9 Å². The molecule has 1 N–H and O–H groups in total. The molecule has 1 atom stereocenters. The van der Waals surface area contributed by atoms with Crippen molar-refractivity contribution in [3.63, 3.8) is 0 Å². The number of nitrogens with one attached hydrogen (secondary N) is 1. The first-order chi connectivity index (χ1) is 10.6. The van der Waals surface area contributed by atoms with Gasteiger partial charge in [-0.2, -0.15) is 0 Å². The van der Waals surface area contributed by atoms with E-state index >= 15 is 0 Å². The number of carbonyl (C=O) groups excluding carboxylic acids is 1. The van der Waals surface area contributed by atoms with Gasteiger partial charge in [0.1, 0.15) is 0 Å². The standard InChI is InChI=1S/C16H15N3O3/c1-12(14-7-4-5-11-17-14)18-16(20)10-9-13-6-2-3-8-15(13)19(21)22/h2-12H,1H3,(H,18,20)/b10-9+/t12-/m1/s1. The van der Waals surface area contributed by atoms with Gasteiger partial charge in [0.05, 0.1) is 22.2 Å². The lowest BCUT2D eigenvalue weighted by atomic mass is 10.1. The fourth-order valence-corrected chi connectivity index (χ4v) is 1.93. The molecular formula is C16H15N3O3. The lowest BCUT2D eigenvalue weighted by Gasteiger charge is -2.11. The number of rotatable bonds is 5. The fourth-order valence-electron chi connectivity index (χ4n) is 1.93. The Kier molecular flexibility index (Phi) is 4.98. The molecule has 0 aliphatic carbocycles. The van der Waals surface area contributed by atoms with Gasteiger partial charge in [0.2, 0.25) is 5.91 Å². The van der Waals surface area contributed by atoms with Crippen LogP contribution in [-0.4, -0.2) is 15.8 Å². The topological polar surface area (TPSA) is 85.1 Å².